The van der Waals surface area contributed by atoms with Crippen LogP contribution in [0.2, 0.25) is 10.0 Å². The fourth-order valence-electron chi connectivity index (χ4n) is 3.56. The number of hydrogen-bond acceptors (Lipinski definition) is 8. The van der Waals surface area contributed by atoms with E-state index in [4.69, 9.17) is 23.2 Å². The molecular weight excluding hydrogens is 503 g/mol. The van der Waals surface area contributed by atoms with Gasteiger partial charge in [0.15, 0.2) is 0 Å². The number of carboxylic acid groups (broad SMARTS) is 1. The lowest BCUT2D eigenvalue weighted by molar-refractivity contribution is -0.137. The molecule has 1 aliphatic rings. The van der Waals surface area contributed by atoms with Crippen LogP contribution in [-0.2, 0) is 11.2 Å². The highest BCUT2D eigenvalue weighted by atomic mass is 35.5. The Morgan fingerprint density at radius 2 is 1.79 bits per heavy atom. The minimum absolute atomic E-state index is 0.0508. The summed E-state index contributed by atoms with van der Waals surface area (Å²) in [6.45, 7) is 0.630. The fraction of sp³-hybridized carbons (Fsp3) is 0.227. The van der Waals surface area contributed by atoms with Crippen LogP contribution in [0.3, 0.4) is 0 Å². The molecule has 2 heterocycles. The maximum atomic E-state index is 12.5. The third-order valence-corrected chi connectivity index (χ3v) is 6.84. The Hall–Kier alpha value is -3.08. The van der Waals surface area contributed by atoms with E-state index in [1.54, 1.807) is 40.9 Å². The van der Waals surface area contributed by atoms with Gasteiger partial charge in [-0.2, -0.15) is 0 Å². The number of nitrogens with one attached hydrogen (secondary N) is 2. The number of thioether (sulfide) groups is 1. The van der Waals surface area contributed by atoms with Crippen molar-refractivity contribution in [3.63, 3.8) is 0 Å². The largest absolute Gasteiger partial charge is 0.480 e. The number of hydrogen-bond donors (Lipinski definition) is 3. The van der Waals surface area contributed by atoms with E-state index in [0.717, 1.165) is 5.75 Å². The molecule has 0 radical (unpaired) electrons. The van der Waals surface area contributed by atoms with E-state index < -0.39 is 28.8 Å². The van der Waals surface area contributed by atoms with Crippen molar-refractivity contribution < 1.29 is 14.7 Å². The van der Waals surface area contributed by atoms with Crippen molar-refractivity contribution in [3.8, 4) is 0 Å². The Morgan fingerprint density at radius 3 is 2.38 bits per heavy atom. The van der Waals surface area contributed by atoms with Gasteiger partial charge in [-0.3, -0.25) is 19.4 Å². The van der Waals surface area contributed by atoms with Crippen LogP contribution in [0.4, 0.5) is 17.1 Å². The predicted octanol–water partition coefficient (Wildman–Crippen LogP) is 2.86. The van der Waals surface area contributed by atoms with E-state index in [-0.39, 0.29) is 33.4 Å². The van der Waals surface area contributed by atoms with Gasteiger partial charge < -0.3 is 20.6 Å². The molecule has 1 saturated heterocycles. The molecule has 0 unspecified atom stereocenters. The summed E-state index contributed by atoms with van der Waals surface area (Å²) in [4.78, 5) is 54.1. The smallest absolute Gasteiger partial charge is 0.326 e. The first kappa shape index (κ1) is 24.1. The van der Waals surface area contributed by atoms with Crippen LogP contribution in [0.1, 0.15) is 15.9 Å². The highest BCUT2D eigenvalue weighted by Crippen LogP contribution is 2.27. The molecule has 4 rings (SSSR count). The highest BCUT2D eigenvalue weighted by Gasteiger charge is 2.31. The number of aromatic nitrogens is 1. The topological polar surface area (TPSA) is 129 Å². The second-order valence-electron chi connectivity index (χ2n) is 7.55. The van der Waals surface area contributed by atoms with Crippen molar-refractivity contribution in [3.05, 3.63) is 78.3 Å². The van der Waals surface area contributed by atoms with Crippen LogP contribution in [0.5, 0.6) is 0 Å². The zero-order chi connectivity index (χ0) is 24.4. The molecule has 0 bridgehead atoms. The summed E-state index contributed by atoms with van der Waals surface area (Å²) in [5.74, 6) is -0.249. The van der Waals surface area contributed by atoms with Crippen LogP contribution in [0.15, 0.2) is 46.2 Å². The molecule has 0 saturated carbocycles. The second kappa shape index (κ2) is 10.0. The van der Waals surface area contributed by atoms with Crippen LogP contribution in [0.25, 0.3) is 0 Å². The molecule has 0 aliphatic carbocycles. The molecule has 2 aromatic carbocycles. The van der Waals surface area contributed by atoms with Gasteiger partial charge in [-0.25, -0.2) is 4.79 Å². The van der Waals surface area contributed by atoms with Crippen molar-refractivity contribution in [1.29, 1.82) is 0 Å². The Bertz CT molecular complexity index is 1300. The minimum Gasteiger partial charge on any atom is -0.480 e. The standard InChI is InChI=1S/C22H18Cl2N4O5S/c23-13-8-25-9-14(24)16(13)21(31)26-12-3-1-11(2-4-12)7-15(22(32)33)27-17-18(20(30)19(17)29)28-5-6-34-10-28/h1-4,8-9,15,27H,5-7,10H2,(H,26,31)(H,32,33)/t15-/m0/s1. The summed E-state index contributed by atoms with van der Waals surface area (Å²) in [7, 11) is 0. The third-order valence-electron chi connectivity index (χ3n) is 5.30. The highest BCUT2D eigenvalue weighted by molar-refractivity contribution is 7.99. The van der Waals surface area contributed by atoms with Crippen LogP contribution in [0, 0.1) is 0 Å². The second-order valence-corrected chi connectivity index (χ2v) is 9.44. The van der Waals surface area contributed by atoms with Gasteiger partial charge in [0.25, 0.3) is 16.8 Å². The fourth-order valence-corrected chi connectivity index (χ4v) is 5.06. The molecular formula is C22H18Cl2N4O5S. The molecule has 1 amide bonds. The quantitative estimate of drug-likeness (QED) is 0.384. The van der Waals surface area contributed by atoms with Crippen LogP contribution >= 0.6 is 35.0 Å². The van der Waals surface area contributed by atoms with Crippen molar-refractivity contribution in [2.24, 2.45) is 0 Å². The molecule has 1 aliphatic heterocycles. The predicted molar refractivity (Wildman–Crippen MR) is 133 cm³/mol. The average Bonchev–Trinajstić information content (AvgIpc) is 3.32. The molecule has 12 heteroatoms. The number of carboxylic acids is 1. The summed E-state index contributed by atoms with van der Waals surface area (Å²) in [6, 6.07) is 5.41. The zero-order valence-corrected chi connectivity index (χ0v) is 19.8. The first-order valence-corrected chi connectivity index (χ1v) is 12.0. The van der Waals surface area contributed by atoms with Gasteiger partial charge in [-0.15, -0.1) is 11.8 Å². The molecule has 1 atom stereocenters. The van der Waals surface area contributed by atoms with E-state index >= 15 is 0 Å². The van der Waals surface area contributed by atoms with E-state index in [2.05, 4.69) is 15.6 Å². The van der Waals surface area contributed by atoms with Crippen molar-refractivity contribution >= 4 is 63.9 Å². The Labute approximate surface area is 207 Å². The van der Waals surface area contributed by atoms with Gasteiger partial charge in [0, 0.05) is 36.8 Å². The SMILES string of the molecule is O=C(Nc1ccc(C[C@H](Nc2c(N3CCSC3)c(=O)c2=O)C(=O)O)cc1)c1c(Cl)cncc1Cl. The lowest BCUT2D eigenvalue weighted by Gasteiger charge is -2.24. The number of carbonyl (C=O) groups is 2. The number of benzene rings is 1. The number of nitrogens with zero attached hydrogens (tertiary/aromatic N) is 2. The summed E-state index contributed by atoms with van der Waals surface area (Å²) >= 11 is 13.7. The van der Waals surface area contributed by atoms with Crippen molar-refractivity contribution in [2.45, 2.75) is 12.5 Å². The summed E-state index contributed by atoms with van der Waals surface area (Å²) in [5, 5.41) is 15.3. The summed E-state index contributed by atoms with van der Waals surface area (Å²) < 4.78 is 0. The summed E-state index contributed by atoms with van der Waals surface area (Å²) in [6.07, 6.45) is 2.68. The number of pyridine rings is 1. The van der Waals surface area contributed by atoms with Gasteiger partial charge in [-0.1, -0.05) is 35.3 Å². The molecule has 9 nitrogen and oxygen atoms in total. The molecule has 3 aromatic rings. The van der Waals surface area contributed by atoms with E-state index in [1.165, 1.54) is 12.4 Å². The van der Waals surface area contributed by atoms with E-state index in [9.17, 15) is 24.3 Å². The molecule has 3 N–H and O–H groups in total. The summed E-state index contributed by atoms with van der Waals surface area (Å²) in [5.41, 5.74) is 0.206. The van der Waals surface area contributed by atoms with E-state index in [0.29, 0.717) is 23.7 Å². The minimum atomic E-state index is -1.16. The zero-order valence-electron chi connectivity index (χ0n) is 17.5. The van der Waals surface area contributed by atoms with E-state index in [1.807, 2.05) is 0 Å². The third kappa shape index (κ3) is 4.89. The van der Waals surface area contributed by atoms with Crippen molar-refractivity contribution in [1.82, 2.24) is 4.98 Å². The van der Waals surface area contributed by atoms with Gasteiger partial charge in [-0.05, 0) is 17.7 Å². The number of rotatable bonds is 8. The normalized spacial score (nSPS) is 14.2. The average molecular weight is 521 g/mol. The Balaban J connectivity index is 1.45. The van der Waals surface area contributed by atoms with Crippen molar-refractivity contribution in [2.75, 3.05) is 33.7 Å². The number of halogens is 2. The van der Waals surface area contributed by atoms with Gasteiger partial charge in [0.1, 0.15) is 17.4 Å². The number of anilines is 3. The molecule has 1 aromatic heterocycles. The monoisotopic (exact) mass is 520 g/mol. The van der Waals surface area contributed by atoms with Gasteiger partial charge in [0.2, 0.25) is 0 Å². The number of amides is 1. The Morgan fingerprint density at radius 1 is 1.12 bits per heavy atom. The first-order chi connectivity index (χ1) is 16.3. The first-order valence-electron chi connectivity index (χ1n) is 10.1. The molecule has 0 spiro atoms. The molecule has 176 valence electrons. The lowest BCUT2D eigenvalue weighted by atomic mass is 10.0. The lowest BCUT2D eigenvalue weighted by Crippen LogP contribution is -2.45. The van der Waals surface area contributed by atoms with Crippen LogP contribution in [-0.4, -0.2) is 46.2 Å². The Kier molecular flexibility index (Phi) is 7.11. The van der Waals surface area contributed by atoms with Gasteiger partial charge in [0.05, 0.1) is 21.5 Å². The molecule has 34 heavy (non-hydrogen) atoms. The molecule has 1 fully saturated rings. The maximum absolute atomic E-state index is 12.5. The maximum Gasteiger partial charge on any atom is 0.326 e. The number of carbonyl (C=O) groups excluding carboxylic acids is 1. The van der Waals surface area contributed by atoms with Crippen LogP contribution < -0.4 is 26.4 Å². The number of aliphatic carboxylic acids is 1. The van der Waals surface area contributed by atoms with Gasteiger partial charge >= 0.3 is 5.97 Å².